The van der Waals surface area contributed by atoms with Gasteiger partial charge in [-0.2, -0.15) is 0 Å². The largest absolute Gasteiger partial charge is 0.508 e. The Kier molecular flexibility index (Phi) is 4.88. The Balaban J connectivity index is 2.13. The van der Waals surface area contributed by atoms with Crippen molar-refractivity contribution in [2.45, 2.75) is 19.8 Å². The Hall–Kier alpha value is -2.69. The van der Waals surface area contributed by atoms with E-state index in [0.29, 0.717) is 18.4 Å². The van der Waals surface area contributed by atoms with Crippen LogP contribution in [0.2, 0.25) is 0 Å². The smallest absolute Gasteiger partial charge is 0.345 e. The van der Waals surface area contributed by atoms with Crippen LogP contribution in [-0.2, 0) is 17.6 Å². The highest BCUT2D eigenvalue weighted by Gasteiger charge is 2.18. The number of hydrogen-bond donors (Lipinski definition) is 3. The van der Waals surface area contributed by atoms with Crippen molar-refractivity contribution in [2.75, 3.05) is 6.61 Å². The summed E-state index contributed by atoms with van der Waals surface area (Å²) in [7, 11) is 0. The first-order chi connectivity index (χ1) is 10.5. The summed E-state index contributed by atoms with van der Waals surface area (Å²) in [6.45, 7) is 1.82. The van der Waals surface area contributed by atoms with E-state index in [1.54, 1.807) is 19.1 Å². The van der Waals surface area contributed by atoms with Gasteiger partial charge < -0.3 is 20.1 Å². The first-order valence-electron chi connectivity index (χ1n) is 7.01. The van der Waals surface area contributed by atoms with E-state index < -0.39 is 5.97 Å². The molecule has 0 fully saturated rings. The minimum Gasteiger partial charge on any atom is -0.508 e. The topological polar surface area (TPSA) is 87.0 Å². The maximum absolute atomic E-state index is 11.6. The molecule has 0 aliphatic carbocycles. The van der Waals surface area contributed by atoms with Crippen molar-refractivity contribution in [1.29, 1.82) is 0 Å². The second-order valence-corrected chi connectivity index (χ2v) is 4.90. The van der Waals surface area contributed by atoms with Gasteiger partial charge in [-0.1, -0.05) is 12.1 Å². The Morgan fingerprint density at radius 1 is 0.955 bits per heavy atom. The number of phenols is 3. The Morgan fingerprint density at radius 2 is 1.50 bits per heavy atom. The fraction of sp³-hybridized carbons (Fsp3) is 0.235. The van der Waals surface area contributed by atoms with Gasteiger partial charge in [0.1, 0.15) is 22.8 Å². The third-order valence-electron chi connectivity index (χ3n) is 3.27. The second-order valence-electron chi connectivity index (χ2n) is 4.90. The molecule has 5 heteroatoms. The lowest BCUT2D eigenvalue weighted by Gasteiger charge is -2.09. The van der Waals surface area contributed by atoms with Crippen LogP contribution in [0.5, 0.6) is 17.2 Å². The molecule has 2 rings (SSSR count). The third kappa shape index (κ3) is 3.69. The predicted octanol–water partition coefficient (Wildman–Crippen LogP) is 2.77. The van der Waals surface area contributed by atoms with Crippen LogP contribution < -0.4 is 0 Å². The molecule has 2 aromatic carbocycles. The summed E-state index contributed by atoms with van der Waals surface area (Å²) < 4.78 is 4.79. The van der Waals surface area contributed by atoms with E-state index in [-0.39, 0.29) is 29.4 Å². The number of esters is 1. The lowest BCUT2D eigenvalue weighted by Crippen LogP contribution is -2.06. The van der Waals surface area contributed by atoms with Crippen LogP contribution in [-0.4, -0.2) is 27.9 Å². The van der Waals surface area contributed by atoms with Crippen molar-refractivity contribution in [1.82, 2.24) is 0 Å². The summed E-state index contributed by atoms with van der Waals surface area (Å²) in [4.78, 5) is 11.6. The Morgan fingerprint density at radius 3 is 2.05 bits per heavy atom. The lowest BCUT2D eigenvalue weighted by atomic mass is 10.0. The van der Waals surface area contributed by atoms with Crippen molar-refractivity contribution in [3.8, 4) is 17.2 Å². The minimum absolute atomic E-state index is 0.167. The van der Waals surface area contributed by atoms with Crippen LogP contribution in [0.1, 0.15) is 28.4 Å². The molecule has 0 heterocycles. The number of rotatable bonds is 5. The van der Waals surface area contributed by atoms with E-state index in [2.05, 4.69) is 0 Å². The molecule has 5 nitrogen and oxygen atoms in total. The maximum atomic E-state index is 11.6. The van der Waals surface area contributed by atoms with E-state index in [0.717, 1.165) is 5.56 Å². The molecule has 0 bridgehead atoms. The molecule has 0 aliphatic rings. The lowest BCUT2D eigenvalue weighted by molar-refractivity contribution is 0.0519. The van der Waals surface area contributed by atoms with Crippen molar-refractivity contribution in [3.63, 3.8) is 0 Å². The van der Waals surface area contributed by atoms with Gasteiger partial charge in [0.25, 0.3) is 0 Å². The summed E-state index contributed by atoms with van der Waals surface area (Å²) >= 11 is 0. The fourth-order valence-electron chi connectivity index (χ4n) is 2.18. The van der Waals surface area contributed by atoms with Gasteiger partial charge in [0, 0.05) is 0 Å². The number of ether oxygens (including phenoxy) is 1. The predicted molar refractivity (Wildman–Crippen MR) is 81.2 cm³/mol. The highest BCUT2D eigenvalue weighted by Crippen LogP contribution is 2.30. The molecule has 0 atom stereocenters. The zero-order valence-electron chi connectivity index (χ0n) is 12.2. The zero-order valence-corrected chi connectivity index (χ0v) is 12.2. The first-order valence-corrected chi connectivity index (χ1v) is 7.01. The average Bonchev–Trinajstić information content (AvgIpc) is 2.46. The molecule has 3 N–H and O–H groups in total. The summed E-state index contributed by atoms with van der Waals surface area (Å²) in [6, 6.07) is 9.73. The summed E-state index contributed by atoms with van der Waals surface area (Å²) in [5, 5.41) is 29.0. The van der Waals surface area contributed by atoms with E-state index in [9.17, 15) is 20.1 Å². The van der Waals surface area contributed by atoms with Gasteiger partial charge in [-0.3, -0.25) is 0 Å². The summed E-state index contributed by atoms with van der Waals surface area (Å²) in [6.07, 6.45) is 1.26. The highest BCUT2D eigenvalue weighted by atomic mass is 16.5. The molecule has 0 unspecified atom stereocenters. The molecule has 0 aliphatic heterocycles. The van der Waals surface area contributed by atoms with Gasteiger partial charge in [0.05, 0.1) is 6.61 Å². The summed E-state index contributed by atoms with van der Waals surface area (Å²) in [5.41, 5.74) is 1.51. The van der Waals surface area contributed by atoms with Gasteiger partial charge in [0.15, 0.2) is 0 Å². The normalized spacial score (nSPS) is 10.4. The Labute approximate surface area is 128 Å². The van der Waals surface area contributed by atoms with Gasteiger partial charge in [-0.15, -0.1) is 0 Å². The average molecular weight is 302 g/mol. The van der Waals surface area contributed by atoms with Gasteiger partial charge in [-0.05, 0) is 55.2 Å². The highest BCUT2D eigenvalue weighted by molar-refractivity contribution is 5.95. The van der Waals surface area contributed by atoms with Crippen LogP contribution in [0.4, 0.5) is 0 Å². The number of hydrogen-bond acceptors (Lipinski definition) is 5. The molecule has 2 aromatic rings. The van der Waals surface area contributed by atoms with Gasteiger partial charge >= 0.3 is 5.97 Å². The van der Waals surface area contributed by atoms with Crippen molar-refractivity contribution >= 4 is 5.97 Å². The number of aromatic hydroxyl groups is 3. The molecule has 0 aromatic heterocycles. The number of aryl methyl sites for hydroxylation is 2. The molecule has 0 amide bonds. The van der Waals surface area contributed by atoms with Crippen LogP contribution in [0.15, 0.2) is 36.4 Å². The third-order valence-corrected chi connectivity index (χ3v) is 3.27. The van der Waals surface area contributed by atoms with Crippen molar-refractivity contribution in [3.05, 3.63) is 53.1 Å². The minimum atomic E-state index is -0.748. The monoisotopic (exact) mass is 302 g/mol. The SMILES string of the molecule is CCOC(=O)c1c(O)cc(CCc2ccc(O)cc2)cc1O. The van der Waals surface area contributed by atoms with Crippen LogP contribution in [0.3, 0.4) is 0 Å². The van der Waals surface area contributed by atoms with Crippen molar-refractivity contribution in [2.24, 2.45) is 0 Å². The molecular weight excluding hydrogens is 284 g/mol. The number of benzene rings is 2. The second kappa shape index (κ2) is 6.85. The number of carbonyl (C=O) groups is 1. The molecule has 116 valence electrons. The number of carbonyl (C=O) groups excluding carboxylic acids is 1. The summed E-state index contributed by atoms with van der Waals surface area (Å²) in [5.74, 6) is -1.13. The molecule has 22 heavy (non-hydrogen) atoms. The molecule has 0 saturated heterocycles. The van der Waals surface area contributed by atoms with Gasteiger partial charge in [0.2, 0.25) is 0 Å². The Bertz CT molecular complexity index is 638. The standard InChI is InChI=1S/C17H18O5/c1-2-22-17(21)16-14(19)9-12(10-15(16)20)4-3-11-5-7-13(18)8-6-11/h5-10,18-20H,2-4H2,1H3. The fourth-order valence-corrected chi connectivity index (χ4v) is 2.18. The van der Waals surface area contributed by atoms with Crippen molar-refractivity contribution < 1.29 is 24.9 Å². The van der Waals surface area contributed by atoms with Gasteiger partial charge in [-0.25, -0.2) is 4.79 Å². The number of phenolic OH excluding ortho intramolecular Hbond substituents is 3. The van der Waals surface area contributed by atoms with E-state index in [4.69, 9.17) is 4.74 Å². The van der Waals surface area contributed by atoms with E-state index in [1.165, 1.54) is 12.1 Å². The van der Waals surface area contributed by atoms with E-state index >= 15 is 0 Å². The molecule has 0 spiro atoms. The molecular formula is C17H18O5. The molecule has 0 radical (unpaired) electrons. The molecule has 0 saturated carbocycles. The van der Waals surface area contributed by atoms with Crippen LogP contribution in [0, 0.1) is 0 Å². The quantitative estimate of drug-likeness (QED) is 0.739. The maximum Gasteiger partial charge on any atom is 0.345 e. The van der Waals surface area contributed by atoms with Crippen LogP contribution >= 0.6 is 0 Å². The zero-order chi connectivity index (χ0) is 16.1. The van der Waals surface area contributed by atoms with Crippen LogP contribution in [0.25, 0.3) is 0 Å². The first kappa shape index (κ1) is 15.7. The van der Waals surface area contributed by atoms with E-state index in [1.807, 2.05) is 12.1 Å².